The lowest BCUT2D eigenvalue weighted by atomic mass is 10.1. The van der Waals surface area contributed by atoms with Gasteiger partial charge in [0.2, 0.25) is 5.91 Å². The summed E-state index contributed by atoms with van der Waals surface area (Å²) in [4.78, 5) is 16.3. The number of alkyl halides is 3. The summed E-state index contributed by atoms with van der Waals surface area (Å²) in [7, 11) is 0. The molecular weight excluding hydrogens is 421 g/mol. The van der Waals surface area contributed by atoms with Crippen LogP contribution in [0.3, 0.4) is 0 Å². The number of anilines is 1. The maximum atomic E-state index is 13.0. The molecule has 3 rings (SSSR count). The highest BCUT2D eigenvalue weighted by Crippen LogP contribution is 2.35. The number of nitrogens with one attached hydrogen (secondary N) is 1. The van der Waals surface area contributed by atoms with Crippen LogP contribution in [0.2, 0.25) is 0 Å². The van der Waals surface area contributed by atoms with Crippen LogP contribution < -0.4 is 5.32 Å². The van der Waals surface area contributed by atoms with E-state index in [0.29, 0.717) is 5.82 Å². The van der Waals surface area contributed by atoms with Gasteiger partial charge in [-0.2, -0.15) is 13.2 Å². The normalized spacial score (nSPS) is 11.3. The van der Waals surface area contributed by atoms with Crippen molar-refractivity contribution in [3.05, 3.63) is 82.5 Å². The molecule has 3 nitrogen and oxygen atoms in total. The number of hydrogen-bond acceptors (Lipinski definition) is 2. The van der Waals surface area contributed by atoms with Gasteiger partial charge < -0.3 is 5.32 Å². The Labute approximate surface area is 162 Å². The number of benzene rings is 2. The molecule has 0 saturated carbocycles. The minimum absolute atomic E-state index is 0.0580. The molecule has 0 fully saturated rings. The number of aromatic nitrogens is 1. The molecule has 0 aliphatic heterocycles. The maximum absolute atomic E-state index is 13.0. The minimum atomic E-state index is -4.49. The fraction of sp³-hybridized carbons (Fsp3) is 0.100. The molecule has 1 aromatic heterocycles. The van der Waals surface area contributed by atoms with E-state index < -0.39 is 17.6 Å². The summed E-state index contributed by atoms with van der Waals surface area (Å²) in [5.41, 5.74) is 1.36. The molecule has 0 unspecified atom stereocenters. The molecule has 0 bridgehead atoms. The Kier molecular flexibility index (Phi) is 5.60. The van der Waals surface area contributed by atoms with E-state index in [9.17, 15) is 18.0 Å². The summed E-state index contributed by atoms with van der Waals surface area (Å²) >= 11 is 2.88. The van der Waals surface area contributed by atoms with Gasteiger partial charge in [0.15, 0.2) is 0 Å². The summed E-state index contributed by atoms with van der Waals surface area (Å²) in [6, 6.07) is 16.8. The highest BCUT2D eigenvalue weighted by molar-refractivity contribution is 9.10. The van der Waals surface area contributed by atoms with E-state index in [0.717, 1.165) is 17.2 Å². The third kappa shape index (κ3) is 4.95. The standard InChI is InChI=1S/C20H14BrF3N2O/c21-17-8-6-13(10-16(17)20(22,23)24)11-19(27)26-18-9-7-15(12-25-18)14-4-2-1-3-5-14/h1-10,12H,11H2,(H,25,26,27). The van der Waals surface area contributed by atoms with Crippen molar-refractivity contribution < 1.29 is 18.0 Å². The second kappa shape index (κ2) is 7.92. The Morgan fingerprint density at radius 2 is 1.74 bits per heavy atom. The van der Waals surface area contributed by atoms with Crippen LogP contribution in [0.5, 0.6) is 0 Å². The van der Waals surface area contributed by atoms with Crippen LogP contribution in [-0.2, 0) is 17.4 Å². The molecule has 0 aliphatic carbocycles. The van der Waals surface area contributed by atoms with Gasteiger partial charge in [-0.1, -0.05) is 52.3 Å². The summed E-state index contributed by atoms with van der Waals surface area (Å²) in [5.74, 6) is -0.0988. The van der Waals surface area contributed by atoms with Crippen LogP contribution in [0.15, 0.2) is 71.3 Å². The second-order valence-electron chi connectivity index (χ2n) is 5.84. The number of carbonyl (C=O) groups excluding carboxylic acids is 1. The molecule has 138 valence electrons. The number of pyridine rings is 1. The summed E-state index contributed by atoms with van der Waals surface area (Å²) < 4.78 is 38.8. The van der Waals surface area contributed by atoms with Gasteiger partial charge >= 0.3 is 6.18 Å². The van der Waals surface area contributed by atoms with Crippen LogP contribution in [-0.4, -0.2) is 10.9 Å². The van der Waals surface area contributed by atoms with Crippen molar-refractivity contribution in [3.8, 4) is 11.1 Å². The first-order valence-corrected chi connectivity index (χ1v) is 8.79. The van der Waals surface area contributed by atoms with E-state index in [2.05, 4.69) is 26.2 Å². The fourth-order valence-electron chi connectivity index (χ4n) is 2.54. The van der Waals surface area contributed by atoms with Crippen molar-refractivity contribution in [1.29, 1.82) is 0 Å². The number of nitrogens with zero attached hydrogens (tertiary/aromatic N) is 1. The summed E-state index contributed by atoms with van der Waals surface area (Å²) in [6.45, 7) is 0. The quantitative estimate of drug-likeness (QED) is 0.571. The molecule has 1 heterocycles. The lowest BCUT2D eigenvalue weighted by Gasteiger charge is -2.11. The zero-order chi connectivity index (χ0) is 19.4. The predicted molar refractivity (Wildman–Crippen MR) is 101 cm³/mol. The predicted octanol–water partition coefficient (Wildman–Crippen LogP) is 5.71. The molecule has 0 saturated heterocycles. The topological polar surface area (TPSA) is 42.0 Å². The first-order chi connectivity index (χ1) is 12.8. The molecule has 7 heteroatoms. The van der Waals surface area contributed by atoms with Crippen LogP contribution in [0.4, 0.5) is 19.0 Å². The molecule has 1 N–H and O–H groups in total. The zero-order valence-electron chi connectivity index (χ0n) is 13.9. The van der Waals surface area contributed by atoms with Crippen molar-refractivity contribution in [3.63, 3.8) is 0 Å². The highest BCUT2D eigenvalue weighted by Gasteiger charge is 2.33. The maximum Gasteiger partial charge on any atom is 0.417 e. The van der Waals surface area contributed by atoms with E-state index in [1.807, 2.05) is 36.4 Å². The van der Waals surface area contributed by atoms with Crippen LogP contribution in [0.25, 0.3) is 11.1 Å². The summed E-state index contributed by atoms with van der Waals surface area (Å²) in [5, 5.41) is 2.60. The van der Waals surface area contributed by atoms with Gasteiger partial charge in [-0.25, -0.2) is 4.98 Å². The fourth-order valence-corrected chi connectivity index (χ4v) is 3.01. The van der Waals surface area contributed by atoms with Crippen molar-refractivity contribution in [2.24, 2.45) is 0 Å². The molecule has 3 aromatic rings. The van der Waals surface area contributed by atoms with Crippen LogP contribution >= 0.6 is 15.9 Å². The van der Waals surface area contributed by atoms with Gasteiger partial charge in [0, 0.05) is 16.2 Å². The Balaban J connectivity index is 1.68. The van der Waals surface area contributed by atoms with Gasteiger partial charge in [-0.15, -0.1) is 0 Å². The third-order valence-electron chi connectivity index (χ3n) is 3.84. The van der Waals surface area contributed by atoms with Gasteiger partial charge in [0.1, 0.15) is 5.82 Å². The number of rotatable bonds is 4. The number of halogens is 4. The molecule has 0 atom stereocenters. The molecule has 0 radical (unpaired) electrons. The first kappa shape index (κ1) is 19.1. The van der Waals surface area contributed by atoms with Gasteiger partial charge in [0.25, 0.3) is 0 Å². The average molecular weight is 435 g/mol. The molecule has 0 aliphatic rings. The highest BCUT2D eigenvalue weighted by atomic mass is 79.9. The summed E-state index contributed by atoms with van der Waals surface area (Å²) in [6.07, 6.45) is -3.04. The molecule has 2 aromatic carbocycles. The van der Waals surface area contributed by atoms with Crippen molar-refractivity contribution >= 4 is 27.7 Å². The third-order valence-corrected chi connectivity index (χ3v) is 4.53. The Morgan fingerprint density at radius 3 is 2.37 bits per heavy atom. The largest absolute Gasteiger partial charge is 0.417 e. The average Bonchev–Trinajstić information content (AvgIpc) is 2.64. The second-order valence-corrected chi connectivity index (χ2v) is 6.69. The van der Waals surface area contributed by atoms with E-state index in [4.69, 9.17) is 0 Å². The Morgan fingerprint density at radius 1 is 1.00 bits per heavy atom. The lowest BCUT2D eigenvalue weighted by molar-refractivity contribution is -0.138. The van der Waals surface area contributed by atoms with Crippen molar-refractivity contribution in [2.45, 2.75) is 12.6 Å². The van der Waals surface area contributed by atoms with E-state index in [1.165, 1.54) is 12.1 Å². The van der Waals surface area contributed by atoms with Crippen molar-refractivity contribution in [2.75, 3.05) is 5.32 Å². The Hall–Kier alpha value is -2.67. The smallest absolute Gasteiger partial charge is 0.310 e. The minimum Gasteiger partial charge on any atom is -0.310 e. The number of hydrogen-bond donors (Lipinski definition) is 1. The molecule has 1 amide bonds. The zero-order valence-corrected chi connectivity index (χ0v) is 15.5. The number of carbonyl (C=O) groups is 1. The first-order valence-electron chi connectivity index (χ1n) is 8.00. The van der Waals surface area contributed by atoms with E-state index in [1.54, 1.807) is 12.3 Å². The van der Waals surface area contributed by atoms with Gasteiger partial charge in [-0.3, -0.25) is 4.79 Å². The molecular formula is C20H14BrF3N2O. The van der Waals surface area contributed by atoms with Crippen molar-refractivity contribution in [1.82, 2.24) is 4.98 Å². The van der Waals surface area contributed by atoms with Crippen LogP contribution in [0, 0.1) is 0 Å². The molecule has 27 heavy (non-hydrogen) atoms. The lowest BCUT2D eigenvalue weighted by Crippen LogP contribution is -2.16. The molecule has 0 spiro atoms. The van der Waals surface area contributed by atoms with E-state index in [-0.39, 0.29) is 16.5 Å². The monoisotopic (exact) mass is 434 g/mol. The van der Waals surface area contributed by atoms with E-state index >= 15 is 0 Å². The number of amides is 1. The van der Waals surface area contributed by atoms with Crippen LogP contribution in [0.1, 0.15) is 11.1 Å². The van der Waals surface area contributed by atoms with Gasteiger partial charge in [0.05, 0.1) is 12.0 Å². The SMILES string of the molecule is O=C(Cc1ccc(Br)c(C(F)(F)F)c1)Nc1ccc(-c2ccccc2)cn1. The Bertz CT molecular complexity index is 942. The van der Waals surface area contributed by atoms with Gasteiger partial charge in [-0.05, 0) is 35.4 Å².